The Bertz CT molecular complexity index is 452. The van der Waals surface area contributed by atoms with Crippen LogP contribution in [0.25, 0.3) is 0 Å². The molecule has 6 heteroatoms. The highest BCUT2D eigenvalue weighted by Gasteiger charge is 2.46. The van der Waals surface area contributed by atoms with Crippen molar-refractivity contribution in [3.63, 3.8) is 0 Å². The van der Waals surface area contributed by atoms with Crippen molar-refractivity contribution in [1.29, 1.82) is 0 Å². The Morgan fingerprint density at radius 2 is 1.76 bits per heavy atom. The molecule has 0 aromatic rings. The lowest BCUT2D eigenvalue weighted by atomic mass is 9.87. The van der Waals surface area contributed by atoms with Crippen molar-refractivity contribution in [3.05, 3.63) is 0 Å². The molecule has 4 saturated heterocycles. The van der Waals surface area contributed by atoms with Crippen LogP contribution >= 0.6 is 0 Å². The maximum atomic E-state index is 12.6. The molecule has 142 valence electrons. The minimum Gasteiger partial charge on any atom is -0.381 e. The number of hydrogen-bond acceptors (Lipinski definition) is 5. The fraction of sp³-hybridized carbons (Fsp3) is 0.947. The Morgan fingerprint density at radius 3 is 2.48 bits per heavy atom. The van der Waals surface area contributed by atoms with Gasteiger partial charge in [0.15, 0.2) is 0 Å². The molecule has 4 aliphatic rings. The van der Waals surface area contributed by atoms with Crippen LogP contribution in [-0.2, 0) is 19.1 Å². The zero-order valence-electron chi connectivity index (χ0n) is 15.3. The second-order valence-electron chi connectivity index (χ2n) is 8.17. The van der Waals surface area contributed by atoms with Crippen LogP contribution in [0.3, 0.4) is 0 Å². The molecule has 0 aromatic carbocycles. The quantitative estimate of drug-likeness (QED) is 0.777. The van der Waals surface area contributed by atoms with Crippen LogP contribution in [0.4, 0.5) is 0 Å². The van der Waals surface area contributed by atoms with Gasteiger partial charge in [-0.15, -0.1) is 0 Å². The summed E-state index contributed by atoms with van der Waals surface area (Å²) in [6, 6.07) is 0. The van der Waals surface area contributed by atoms with Crippen LogP contribution in [-0.4, -0.2) is 73.6 Å². The summed E-state index contributed by atoms with van der Waals surface area (Å²) in [5, 5.41) is 1.55. The lowest BCUT2D eigenvalue weighted by Gasteiger charge is -2.40. The molecule has 25 heavy (non-hydrogen) atoms. The van der Waals surface area contributed by atoms with E-state index in [1.165, 1.54) is 19.4 Å². The summed E-state index contributed by atoms with van der Waals surface area (Å²) in [7, 11) is 0. The average Bonchev–Trinajstić information content (AvgIpc) is 3.09. The van der Waals surface area contributed by atoms with E-state index in [1.54, 1.807) is 5.06 Å². The van der Waals surface area contributed by atoms with Gasteiger partial charge in [0.25, 0.3) is 5.91 Å². The zero-order valence-corrected chi connectivity index (χ0v) is 15.3. The van der Waals surface area contributed by atoms with Crippen LogP contribution in [0.5, 0.6) is 0 Å². The predicted octanol–water partition coefficient (Wildman–Crippen LogP) is 1.98. The molecule has 0 radical (unpaired) electrons. The van der Waals surface area contributed by atoms with E-state index in [2.05, 4.69) is 4.90 Å². The number of ether oxygens (including phenoxy) is 2. The first-order valence-corrected chi connectivity index (χ1v) is 10.2. The fourth-order valence-corrected chi connectivity index (χ4v) is 4.72. The third-order valence-corrected chi connectivity index (χ3v) is 6.40. The van der Waals surface area contributed by atoms with Gasteiger partial charge in [0, 0.05) is 39.4 Å². The van der Waals surface area contributed by atoms with Gasteiger partial charge < -0.3 is 14.4 Å². The second kappa shape index (κ2) is 7.91. The average molecular weight is 352 g/mol. The Labute approximate surface area is 150 Å². The second-order valence-corrected chi connectivity index (χ2v) is 8.17. The third kappa shape index (κ3) is 4.18. The third-order valence-electron chi connectivity index (χ3n) is 6.40. The molecular formula is C19H32N2O4. The van der Waals surface area contributed by atoms with Crippen LogP contribution in [0, 0.1) is 5.92 Å². The standard InChI is InChI=1S/C19H32N2O4/c22-18(21-9-1-2-12-24-21)17-3-6-19(25-17)7-10-20(11-8-19)15-16-4-13-23-14-5-16/h16-17H,1-15H2/t17-/m0/s1. The number of carbonyl (C=O) groups excluding carboxylic acids is 1. The van der Waals surface area contributed by atoms with Gasteiger partial charge in [-0.2, -0.15) is 0 Å². The molecule has 1 spiro atoms. The Hall–Kier alpha value is -0.690. The van der Waals surface area contributed by atoms with E-state index >= 15 is 0 Å². The van der Waals surface area contributed by atoms with E-state index < -0.39 is 0 Å². The molecule has 0 aromatic heterocycles. The first-order chi connectivity index (χ1) is 12.2. The number of rotatable bonds is 3. The zero-order chi connectivity index (χ0) is 17.1. The van der Waals surface area contributed by atoms with Crippen LogP contribution < -0.4 is 0 Å². The Balaban J connectivity index is 1.24. The Morgan fingerprint density at radius 1 is 0.960 bits per heavy atom. The van der Waals surface area contributed by atoms with Gasteiger partial charge in [-0.1, -0.05) is 0 Å². The Kier molecular flexibility index (Phi) is 5.60. The summed E-state index contributed by atoms with van der Waals surface area (Å²) >= 11 is 0. The van der Waals surface area contributed by atoms with E-state index in [9.17, 15) is 4.79 Å². The predicted molar refractivity (Wildman–Crippen MR) is 93.0 cm³/mol. The molecule has 4 aliphatic heterocycles. The highest BCUT2D eigenvalue weighted by atomic mass is 16.7. The summed E-state index contributed by atoms with van der Waals surface area (Å²) in [5.41, 5.74) is -0.0672. The minimum absolute atomic E-state index is 0.0428. The van der Waals surface area contributed by atoms with Gasteiger partial charge in [0.2, 0.25) is 0 Å². The number of nitrogens with zero attached hydrogens (tertiary/aromatic N) is 2. The monoisotopic (exact) mass is 352 g/mol. The van der Waals surface area contributed by atoms with Gasteiger partial charge in [0.05, 0.1) is 12.2 Å². The number of likely N-dealkylation sites (tertiary alicyclic amines) is 1. The number of piperidine rings is 1. The normalized spacial score (nSPS) is 31.5. The summed E-state index contributed by atoms with van der Waals surface area (Å²) < 4.78 is 11.8. The van der Waals surface area contributed by atoms with Gasteiger partial charge in [-0.05, 0) is 57.3 Å². The molecular weight excluding hydrogens is 320 g/mol. The lowest BCUT2D eigenvalue weighted by molar-refractivity contribution is -0.210. The van der Waals surface area contributed by atoms with Gasteiger partial charge in [-0.3, -0.25) is 9.63 Å². The highest BCUT2D eigenvalue weighted by Crippen LogP contribution is 2.40. The molecule has 0 aliphatic carbocycles. The number of carbonyl (C=O) groups is 1. The number of amides is 1. The van der Waals surface area contributed by atoms with Crippen molar-refractivity contribution < 1.29 is 19.1 Å². The van der Waals surface area contributed by atoms with Crippen molar-refractivity contribution in [1.82, 2.24) is 9.96 Å². The van der Waals surface area contributed by atoms with Crippen LogP contribution in [0.1, 0.15) is 51.4 Å². The van der Waals surface area contributed by atoms with E-state index in [0.29, 0.717) is 13.2 Å². The maximum absolute atomic E-state index is 12.6. The van der Waals surface area contributed by atoms with Crippen molar-refractivity contribution in [2.45, 2.75) is 63.1 Å². The summed E-state index contributed by atoms with van der Waals surface area (Å²) in [5.74, 6) is 0.832. The SMILES string of the molecule is O=C([C@@H]1CCC2(CCN(CC3CCOCC3)CC2)O1)N1CCCCO1. The molecule has 0 bridgehead atoms. The summed E-state index contributed by atoms with van der Waals surface area (Å²) in [6.07, 6.45) is 8.16. The molecule has 4 rings (SSSR count). The smallest absolute Gasteiger partial charge is 0.275 e. The molecule has 4 heterocycles. The van der Waals surface area contributed by atoms with Crippen LogP contribution in [0.15, 0.2) is 0 Å². The van der Waals surface area contributed by atoms with E-state index in [0.717, 1.165) is 70.7 Å². The van der Waals surface area contributed by atoms with E-state index in [4.69, 9.17) is 14.3 Å². The summed E-state index contributed by atoms with van der Waals surface area (Å²) in [4.78, 5) is 20.7. The topological polar surface area (TPSA) is 51.2 Å². The molecule has 4 fully saturated rings. The first kappa shape index (κ1) is 17.7. The van der Waals surface area contributed by atoms with Crippen molar-refractivity contribution in [2.24, 2.45) is 5.92 Å². The molecule has 0 N–H and O–H groups in total. The van der Waals surface area contributed by atoms with E-state index in [1.807, 2.05) is 0 Å². The molecule has 6 nitrogen and oxygen atoms in total. The van der Waals surface area contributed by atoms with Gasteiger partial charge in [-0.25, -0.2) is 5.06 Å². The number of hydroxylamine groups is 2. The minimum atomic E-state index is -0.292. The fourth-order valence-electron chi connectivity index (χ4n) is 4.72. The van der Waals surface area contributed by atoms with Crippen molar-refractivity contribution in [3.8, 4) is 0 Å². The molecule has 0 saturated carbocycles. The lowest BCUT2D eigenvalue weighted by Crippen LogP contribution is -2.48. The molecule has 1 amide bonds. The van der Waals surface area contributed by atoms with Gasteiger partial charge in [0.1, 0.15) is 6.10 Å². The first-order valence-electron chi connectivity index (χ1n) is 10.2. The van der Waals surface area contributed by atoms with Crippen molar-refractivity contribution in [2.75, 3.05) is 46.0 Å². The molecule has 1 atom stereocenters. The van der Waals surface area contributed by atoms with Gasteiger partial charge >= 0.3 is 0 Å². The van der Waals surface area contributed by atoms with Crippen LogP contribution in [0.2, 0.25) is 0 Å². The van der Waals surface area contributed by atoms with Crippen molar-refractivity contribution >= 4 is 5.91 Å². The molecule has 0 unspecified atom stereocenters. The largest absolute Gasteiger partial charge is 0.381 e. The maximum Gasteiger partial charge on any atom is 0.275 e. The highest BCUT2D eigenvalue weighted by molar-refractivity contribution is 5.80. The van der Waals surface area contributed by atoms with E-state index in [-0.39, 0.29) is 17.6 Å². The summed E-state index contributed by atoms with van der Waals surface area (Å²) in [6.45, 7) is 6.61. The number of hydrogen-bond donors (Lipinski definition) is 0.